The second-order valence-corrected chi connectivity index (χ2v) is 7.20. The number of imidazole rings is 1. The molecule has 0 saturated heterocycles. The van der Waals surface area contributed by atoms with Crippen LogP contribution in [0.5, 0.6) is 0 Å². The van der Waals surface area contributed by atoms with Crippen LogP contribution in [0.2, 0.25) is 0 Å². The van der Waals surface area contributed by atoms with E-state index in [2.05, 4.69) is 25.3 Å². The molecule has 3 aromatic rings. The van der Waals surface area contributed by atoms with Gasteiger partial charge >= 0.3 is 0 Å². The summed E-state index contributed by atoms with van der Waals surface area (Å²) in [6.45, 7) is 2.01. The molecule has 1 unspecified atom stereocenters. The van der Waals surface area contributed by atoms with E-state index in [1.165, 1.54) is 0 Å². The molecule has 0 saturated carbocycles. The van der Waals surface area contributed by atoms with Crippen molar-refractivity contribution in [1.29, 1.82) is 0 Å². The van der Waals surface area contributed by atoms with Crippen LogP contribution < -0.4 is 5.73 Å². The van der Waals surface area contributed by atoms with Crippen molar-refractivity contribution in [1.82, 2.24) is 14.4 Å². The molecule has 0 aliphatic heterocycles. The summed E-state index contributed by atoms with van der Waals surface area (Å²) in [5.74, 6) is 0. The van der Waals surface area contributed by atoms with Crippen molar-refractivity contribution in [3.05, 3.63) is 40.1 Å². The Morgan fingerprint density at radius 2 is 2.35 bits per heavy atom. The first kappa shape index (κ1) is 14.1. The maximum Gasteiger partial charge on any atom is 0.194 e. The van der Waals surface area contributed by atoms with Crippen LogP contribution in [0, 0.1) is 0 Å². The van der Waals surface area contributed by atoms with Gasteiger partial charge in [-0.05, 0) is 46.7 Å². The molecule has 0 radical (unpaired) electrons. The van der Waals surface area contributed by atoms with Gasteiger partial charge in [0.05, 0.1) is 10.2 Å². The minimum atomic E-state index is 0.0984. The highest BCUT2D eigenvalue weighted by Gasteiger charge is 2.17. The van der Waals surface area contributed by atoms with Gasteiger partial charge in [0, 0.05) is 30.2 Å². The predicted molar refractivity (Wildman–Crippen MR) is 86.5 cm³/mol. The fourth-order valence-corrected chi connectivity index (χ4v) is 4.11. The van der Waals surface area contributed by atoms with Crippen molar-refractivity contribution in [2.75, 3.05) is 0 Å². The standard InChI is InChI=1S/C13H13BrN4S2/c1-8(15)7-10-12(17-13-18(10)5-6-19-13)20-11-9(14)3-2-4-16-11/h2-6,8H,7,15H2,1H3. The van der Waals surface area contributed by atoms with Crippen molar-refractivity contribution in [3.63, 3.8) is 0 Å². The monoisotopic (exact) mass is 368 g/mol. The van der Waals surface area contributed by atoms with Crippen molar-refractivity contribution < 1.29 is 0 Å². The molecule has 0 amide bonds. The molecule has 0 aromatic carbocycles. The lowest BCUT2D eigenvalue weighted by atomic mass is 10.2. The van der Waals surface area contributed by atoms with E-state index in [1.54, 1.807) is 29.3 Å². The van der Waals surface area contributed by atoms with E-state index in [4.69, 9.17) is 10.7 Å². The summed E-state index contributed by atoms with van der Waals surface area (Å²) in [4.78, 5) is 10.1. The van der Waals surface area contributed by atoms with Gasteiger partial charge in [-0.15, -0.1) is 11.3 Å². The molecule has 4 nitrogen and oxygen atoms in total. The second kappa shape index (κ2) is 5.85. The molecule has 1 atom stereocenters. The Balaban J connectivity index is 2.02. The van der Waals surface area contributed by atoms with E-state index in [1.807, 2.05) is 30.6 Å². The van der Waals surface area contributed by atoms with Gasteiger partial charge in [-0.1, -0.05) is 0 Å². The smallest absolute Gasteiger partial charge is 0.194 e. The highest BCUT2D eigenvalue weighted by molar-refractivity contribution is 9.10. The first-order valence-electron chi connectivity index (χ1n) is 6.13. The number of pyridine rings is 1. The maximum atomic E-state index is 5.96. The minimum absolute atomic E-state index is 0.0984. The van der Waals surface area contributed by atoms with E-state index in [0.717, 1.165) is 31.6 Å². The Morgan fingerprint density at radius 3 is 3.10 bits per heavy atom. The molecular formula is C13H13BrN4S2. The second-order valence-electron chi connectivity index (χ2n) is 4.49. The molecule has 0 bridgehead atoms. The van der Waals surface area contributed by atoms with Crippen LogP contribution in [0.4, 0.5) is 0 Å². The normalized spacial score (nSPS) is 12.9. The molecule has 20 heavy (non-hydrogen) atoms. The molecule has 0 spiro atoms. The lowest BCUT2D eigenvalue weighted by Gasteiger charge is -2.07. The van der Waals surface area contributed by atoms with E-state index in [0.29, 0.717) is 0 Å². The SMILES string of the molecule is CC(N)Cc1c(Sc2ncccc2Br)nc2sccn12. The van der Waals surface area contributed by atoms with E-state index in [9.17, 15) is 0 Å². The lowest BCUT2D eigenvalue weighted by molar-refractivity contribution is 0.706. The molecule has 2 N–H and O–H groups in total. The Bertz CT molecular complexity index is 735. The molecule has 3 rings (SSSR count). The molecule has 0 aliphatic rings. The summed E-state index contributed by atoms with van der Waals surface area (Å²) in [5, 5.41) is 3.94. The highest BCUT2D eigenvalue weighted by Crippen LogP contribution is 2.34. The van der Waals surface area contributed by atoms with Gasteiger partial charge in [-0.25, -0.2) is 9.97 Å². The Hall–Kier alpha value is -0.890. The van der Waals surface area contributed by atoms with Crippen molar-refractivity contribution >= 4 is 44.0 Å². The van der Waals surface area contributed by atoms with Crippen molar-refractivity contribution in [2.24, 2.45) is 5.73 Å². The highest BCUT2D eigenvalue weighted by atomic mass is 79.9. The summed E-state index contributed by atoms with van der Waals surface area (Å²) >= 11 is 6.73. The topological polar surface area (TPSA) is 56.2 Å². The molecule has 3 aromatic heterocycles. The average molecular weight is 369 g/mol. The van der Waals surface area contributed by atoms with Crippen LogP contribution in [-0.2, 0) is 6.42 Å². The lowest BCUT2D eigenvalue weighted by Crippen LogP contribution is -2.19. The van der Waals surface area contributed by atoms with Gasteiger partial charge in [-0.2, -0.15) is 0 Å². The zero-order chi connectivity index (χ0) is 14.1. The van der Waals surface area contributed by atoms with E-state index >= 15 is 0 Å². The van der Waals surface area contributed by atoms with Gasteiger partial charge < -0.3 is 5.73 Å². The quantitative estimate of drug-likeness (QED) is 0.764. The molecule has 3 heterocycles. The van der Waals surface area contributed by atoms with Gasteiger partial charge in [0.2, 0.25) is 0 Å². The number of halogens is 1. The summed E-state index contributed by atoms with van der Waals surface area (Å²) in [6.07, 6.45) is 4.63. The number of hydrogen-bond donors (Lipinski definition) is 1. The van der Waals surface area contributed by atoms with E-state index in [-0.39, 0.29) is 6.04 Å². The summed E-state index contributed by atoms with van der Waals surface area (Å²) < 4.78 is 3.10. The third kappa shape index (κ3) is 2.76. The van der Waals surface area contributed by atoms with Crippen LogP contribution in [0.1, 0.15) is 12.6 Å². The molecule has 7 heteroatoms. The predicted octanol–water partition coefficient (Wildman–Crippen LogP) is 3.59. The van der Waals surface area contributed by atoms with Crippen LogP contribution in [0.3, 0.4) is 0 Å². The van der Waals surface area contributed by atoms with E-state index < -0.39 is 0 Å². The summed E-state index contributed by atoms with van der Waals surface area (Å²) in [7, 11) is 0. The number of hydrogen-bond acceptors (Lipinski definition) is 5. The van der Waals surface area contributed by atoms with Gasteiger partial charge in [0.15, 0.2) is 4.96 Å². The number of fused-ring (bicyclic) bond motifs is 1. The van der Waals surface area contributed by atoms with Gasteiger partial charge in [0.25, 0.3) is 0 Å². The number of aromatic nitrogens is 3. The first-order valence-corrected chi connectivity index (χ1v) is 8.62. The van der Waals surface area contributed by atoms with Crippen LogP contribution in [0.25, 0.3) is 4.96 Å². The minimum Gasteiger partial charge on any atom is -0.328 e. The third-order valence-corrected chi connectivity index (χ3v) is 5.46. The maximum absolute atomic E-state index is 5.96. The average Bonchev–Trinajstić information content (AvgIpc) is 2.95. The largest absolute Gasteiger partial charge is 0.328 e. The first-order chi connectivity index (χ1) is 9.65. The van der Waals surface area contributed by atoms with Crippen molar-refractivity contribution in [2.45, 2.75) is 29.4 Å². The molecule has 0 fully saturated rings. The number of nitrogens with zero attached hydrogens (tertiary/aromatic N) is 3. The fourth-order valence-electron chi connectivity index (χ4n) is 1.92. The van der Waals surface area contributed by atoms with Crippen LogP contribution in [-0.4, -0.2) is 20.4 Å². The van der Waals surface area contributed by atoms with Gasteiger partial charge in [0.1, 0.15) is 10.1 Å². The zero-order valence-electron chi connectivity index (χ0n) is 10.8. The van der Waals surface area contributed by atoms with Crippen molar-refractivity contribution in [3.8, 4) is 0 Å². The third-order valence-electron chi connectivity index (χ3n) is 2.76. The van der Waals surface area contributed by atoms with Crippen LogP contribution in [0.15, 0.2) is 44.4 Å². The molecule has 104 valence electrons. The summed E-state index contributed by atoms with van der Waals surface area (Å²) in [6, 6.07) is 3.99. The number of rotatable bonds is 4. The zero-order valence-corrected chi connectivity index (χ0v) is 14.0. The Labute approximate surface area is 133 Å². The van der Waals surface area contributed by atoms with Crippen LogP contribution >= 0.6 is 39.0 Å². The number of nitrogens with two attached hydrogens (primary N) is 1. The fraction of sp³-hybridized carbons (Fsp3) is 0.231. The Kier molecular flexibility index (Phi) is 4.11. The molecular weight excluding hydrogens is 356 g/mol. The Morgan fingerprint density at radius 1 is 1.50 bits per heavy atom. The molecule has 0 aliphatic carbocycles. The summed E-state index contributed by atoms with van der Waals surface area (Å²) in [5.41, 5.74) is 7.12. The van der Waals surface area contributed by atoms with Gasteiger partial charge in [-0.3, -0.25) is 4.40 Å². The number of thiazole rings is 1.